The summed E-state index contributed by atoms with van der Waals surface area (Å²) in [4.78, 5) is 31.1. The summed E-state index contributed by atoms with van der Waals surface area (Å²) in [6, 6.07) is 16.5. The second-order valence-electron chi connectivity index (χ2n) is 10.0. The molecule has 0 aliphatic rings. The van der Waals surface area contributed by atoms with E-state index in [1.165, 1.54) is 18.2 Å². The van der Waals surface area contributed by atoms with Crippen molar-refractivity contribution in [3.63, 3.8) is 0 Å². The van der Waals surface area contributed by atoms with Gasteiger partial charge in [-0.3, -0.25) is 14.9 Å². The molecule has 42 heavy (non-hydrogen) atoms. The van der Waals surface area contributed by atoms with Crippen LogP contribution in [-0.4, -0.2) is 43.0 Å². The molecule has 0 aliphatic heterocycles. The van der Waals surface area contributed by atoms with Gasteiger partial charge in [-0.2, -0.15) is 0 Å². The number of benzene rings is 2. The predicted octanol–water partition coefficient (Wildman–Crippen LogP) is 6.01. The van der Waals surface area contributed by atoms with Gasteiger partial charge >= 0.3 is 0 Å². The number of nitro benzene ring substituents is 1. The van der Waals surface area contributed by atoms with Crippen molar-refractivity contribution in [3.05, 3.63) is 111 Å². The zero-order valence-electron chi connectivity index (χ0n) is 23.4. The average molecular weight is 609 g/mol. The first-order valence-corrected chi connectivity index (χ1v) is 14.9. The number of rotatable bonds is 13. The van der Waals surface area contributed by atoms with Crippen LogP contribution in [-0.2, 0) is 24.3 Å². The molecule has 0 bridgehead atoms. The van der Waals surface area contributed by atoms with Gasteiger partial charge in [-0.25, -0.2) is 9.37 Å². The molecule has 0 saturated carbocycles. The molecule has 9 nitrogen and oxygen atoms in total. The first kappa shape index (κ1) is 30.8. The van der Waals surface area contributed by atoms with Crippen molar-refractivity contribution in [1.82, 2.24) is 19.8 Å². The van der Waals surface area contributed by atoms with E-state index < -0.39 is 10.7 Å². The predicted molar refractivity (Wildman–Crippen MR) is 167 cm³/mol. The van der Waals surface area contributed by atoms with Crippen LogP contribution in [0.1, 0.15) is 36.4 Å². The number of nitro groups is 1. The molecule has 2 atom stereocenters. The van der Waals surface area contributed by atoms with Gasteiger partial charge in [0.25, 0.3) is 5.69 Å². The number of anilines is 1. The van der Waals surface area contributed by atoms with E-state index in [9.17, 15) is 19.3 Å². The molecule has 0 fully saturated rings. The third-order valence-electron chi connectivity index (χ3n) is 7.06. The van der Waals surface area contributed by atoms with E-state index in [4.69, 9.17) is 12.2 Å². The van der Waals surface area contributed by atoms with Gasteiger partial charge in [-0.05, 0) is 47.3 Å². The minimum absolute atomic E-state index is 0.0248. The lowest BCUT2D eigenvalue weighted by Crippen LogP contribution is -2.50. The van der Waals surface area contributed by atoms with Crippen LogP contribution in [0, 0.1) is 21.8 Å². The monoisotopic (exact) mass is 608 g/mol. The highest BCUT2D eigenvalue weighted by Crippen LogP contribution is 2.19. The van der Waals surface area contributed by atoms with Crippen molar-refractivity contribution in [1.29, 1.82) is 0 Å². The Bertz CT molecular complexity index is 1490. The number of aromatic nitrogens is 2. The summed E-state index contributed by atoms with van der Waals surface area (Å²) in [5.74, 6) is -0.413. The van der Waals surface area contributed by atoms with Gasteiger partial charge in [-0.15, -0.1) is 11.3 Å². The number of amides is 1. The molecule has 2 heterocycles. The maximum absolute atomic E-state index is 14.4. The summed E-state index contributed by atoms with van der Waals surface area (Å²) in [6.45, 7) is 5.53. The fourth-order valence-electron chi connectivity index (χ4n) is 4.44. The SMILES string of the molecule is CC[C@H](C)[C@@H](CN(Cc1cccs1)C(=S)Nc1ccccc1F)NC(=O)Cc1cncn1Cc1ccc([N+](=O)[O-])cc1. The van der Waals surface area contributed by atoms with Crippen molar-refractivity contribution in [2.45, 2.75) is 45.8 Å². The van der Waals surface area contributed by atoms with Crippen LogP contribution in [0.3, 0.4) is 0 Å². The third kappa shape index (κ3) is 8.43. The molecule has 4 aromatic rings. The second kappa shape index (κ2) is 14.6. The number of halogens is 1. The first-order chi connectivity index (χ1) is 20.2. The number of nitrogens with one attached hydrogen (secondary N) is 2. The normalized spacial score (nSPS) is 12.4. The van der Waals surface area contributed by atoms with Crippen molar-refractivity contribution >= 4 is 45.9 Å². The van der Waals surface area contributed by atoms with E-state index in [0.717, 1.165) is 22.6 Å². The molecule has 0 radical (unpaired) electrons. The van der Waals surface area contributed by atoms with Gasteiger partial charge < -0.3 is 20.1 Å². The van der Waals surface area contributed by atoms with Gasteiger partial charge in [0.1, 0.15) is 5.82 Å². The van der Waals surface area contributed by atoms with Crippen molar-refractivity contribution in [3.8, 4) is 0 Å². The zero-order chi connectivity index (χ0) is 30.1. The molecule has 0 aliphatic carbocycles. The molecular formula is C30H33FN6O3S2. The molecule has 1 amide bonds. The average Bonchev–Trinajstić information content (AvgIpc) is 3.65. The highest BCUT2D eigenvalue weighted by molar-refractivity contribution is 7.80. The van der Waals surface area contributed by atoms with Crippen LogP contribution in [0.25, 0.3) is 0 Å². The van der Waals surface area contributed by atoms with E-state index in [2.05, 4.69) is 29.5 Å². The van der Waals surface area contributed by atoms with Crippen LogP contribution < -0.4 is 10.6 Å². The Hall–Kier alpha value is -4.16. The van der Waals surface area contributed by atoms with Crippen molar-refractivity contribution < 1.29 is 14.1 Å². The number of hydrogen-bond acceptors (Lipinski definition) is 6. The lowest BCUT2D eigenvalue weighted by atomic mass is 9.98. The molecule has 0 unspecified atom stereocenters. The molecule has 4 rings (SSSR count). The van der Waals surface area contributed by atoms with Gasteiger partial charge in [0, 0.05) is 48.0 Å². The Morgan fingerprint density at radius 3 is 2.62 bits per heavy atom. The maximum Gasteiger partial charge on any atom is 0.269 e. The highest BCUT2D eigenvalue weighted by atomic mass is 32.1. The summed E-state index contributed by atoms with van der Waals surface area (Å²) in [5.41, 5.74) is 1.90. The van der Waals surface area contributed by atoms with Crippen LogP contribution in [0.5, 0.6) is 0 Å². The minimum atomic E-state index is -0.436. The topological polar surface area (TPSA) is 105 Å². The molecule has 2 aromatic carbocycles. The molecular weight excluding hydrogens is 576 g/mol. The quantitative estimate of drug-likeness (QED) is 0.109. The van der Waals surface area contributed by atoms with Gasteiger partial charge in [0.05, 0.1) is 29.9 Å². The van der Waals surface area contributed by atoms with Crippen LogP contribution in [0.2, 0.25) is 0 Å². The van der Waals surface area contributed by atoms with Crippen LogP contribution in [0.15, 0.2) is 78.6 Å². The molecule has 0 saturated heterocycles. The van der Waals surface area contributed by atoms with E-state index >= 15 is 0 Å². The number of thiophene rings is 1. The van der Waals surface area contributed by atoms with Gasteiger partial charge in [0.15, 0.2) is 5.11 Å². The number of thiocarbonyl (C=S) groups is 1. The minimum Gasteiger partial charge on any atom is -0.351 e. The lowest BCUT2D eigenvalue weighted by molar-refractivity contribution is -0.384. The number of carbonyl (C=O) groups excluding carboxylic acids is 1. The largest absolute Gasteiger partial charge is 0.351 e. The van der Waals surface area contributed by atoms with E-state index in [1.807, 2.05) is 27.0 Å². The Kier molecular flexibility index (Phi) is 10.7. The first-order valence-electron chi connectivity index (χ1n) is 13.6. The third-order valence-corrected chi connectivity index (χ3v) is 8.29. The molecule has 220 valence electrons. The number of para-hydroxylation sites is 1. The number of imidazole rings is 1. The highest BCUT2D eigenvalue weighted by Gasteiger charge is 2.24. The zero-order valence-corrected chi connectivity index (χ0v) is 25.0. The number of non-ortho nitro benzene ring substituents is 1. The van der Waals surface area contributed by atoms with Crippen molar-refractivity contribution in [2.75, 3.05) is 11.9 Å². The van der Waals surface area contributed by atoms with Crippen LogP contribution in [0.4, 0.5) is 15.8 Å². The number of hydrogen-bond donors (Lipinski definition) is 2. The smallest absolute Gasteiger partial charge is 0.269 e. The molecule has 0 spiro atoms. The number of nitrogens with zero attached hydrogens (tertiary/aromatic N) is 4. The Labute approximate surface area is 253 Å². The van der Waals surface area contributed by atoms with E-state index in [1.54, 1.807) is 54.2 Å². The molecule has 12 heteroatoms. The van der Waals surface area contributed by atoms with E-state index in [0.29, 0.717) is 30.4 Å². The second-order valence-corrected chi connectivity index (χ2v) is 11.5. The summed E-state index contributed by atoms with van der Waals surface area (Å²) >= 11 is 7.34. The standard InChI is InChI=1S/C30H33FN6O3S2/c1-3-21(2)28(19-35(18-25-7-6-14-42-25)30(41)34-27-9-5-4-8-26(27)31)33-29(38)15-24-16-32-20-36(24)17-22-10-12-23(13-11-22)37(39)40/h4-14,16,20-21,28H,3,15,17-19H2,1-2H3,(H,33,38)(H,34,41)/t21-,28+/m0/s1. The summed E-state index contributed by atoms with van der Waals surface area (Å²) in [6.07, 6.45) is 4.25. The summed E-state index contributed by atoms with van der Waals surface area (Å²) in [5, 5.41) is 19.6. The fraction of sp³-hybridized carbons (Fsp3) is 0.300. The Morgan fingerprint density at radius 2 is 1.95 bits per heavy atom. The lowest BCUT2D eigenvalue weighted by Gasteiger charge is -2.33. The van der Waals surface area contributed by atoms with Crippen LogP contribution >= 0.6 is 23.6 Å². The van der Waals surface area contributed by atoms with Crippen molar-refractivity contribution in [2.24, 2.45) is 5.92 Å². The Balaban J connectivity index is 1.45. The fourth-order valence-corrected chi connectivity index (χ4v) is 5.40. The maximum atomic E-state index is 14.4. The number of carbonyl (C=O) groups is 1. The Morgan fingerprint density at radius 1 is 1.19 bits per heavy atom. The summed E-state index contributed by atoms with van der Waals surface area (Å²) in [7, 11) is 0. The molecule has 2 aromatic heterocycles. The summed E-state index contributed by atoms with van der Waals surface area (Å²) < 4.78 is 16.2. The van der Waals surface area contributed by atoms with Gasteiger partial charge in [0.2, 0.25) is 5.91 Å². The van der Waals surface area contributed by atoms with E-state index in [-0.39, 0.29) is 30.0 Å². The molecule has 2 N–H and O–H groups in total. The van der Waals surface area contributed by atoms with Gasteiger partial charge in [-0.1, -0.05) is 50.6 Å².